The predicted molar refractivity (Wildman–Crippen MR) is 105 cm³/mol. The minimum atomic E-state index is -0.464. The van der Waals surface area contributed by atoms with E-state index in [2.05, 4.69) is 22.2 Å². The number of nitrogens with one attached hydrogen (secondary N) is 1. The number of piperazine rings is 1. The zero-order valence-corrected chi connectivity index (χ0v) is 15.8. The van der Waals surface area contributed by atoms with Gasteiger partial charge in [0.05, 0.1) is 6.42 Å². The van der Waals surface area contributed by atoms with Crippen LogP contribution in [0, 0.1) is 12.7 Å². The van der Waals surface area contributed by atoms with Gasteiger partial charge in [-0.1, -0.05) is 17.7 Å². The maximum Gasteiger partial charge on any atom is 0.228 e. The summed E-state index contributed by atoms with van der Waals surface area (Å²) < 4.78 is 13.8. The molecule has 1 aliphatic rings. The van der Waals surface area contributed by atoms with Gasteiger partial charge in [-0.15, -0.1) is 0 Å². The lowest BCUT2D eigenvalue weighted by molar-refractivity contribution is -0.115. The first kappa shape index (κ1) is 18.7. The van der Waals surface area contributed by atoms with Gasteiger partial charge in [0.2, 0.25) is 5.91 Å². The number of anilines is 2. The second-order valence-corrected chi connectivity index (χ2v) is 7.12. The van der Waals surface area contributed by atoms with Gasteiger partial charge in [-0.3, -0.25) is 4.79 Å². The van der Waals surface area contributed by atoms with Crippen LogP contribution in [-0.4, -0.2) is 44.0 Å². The van der Waals surface area contributed by atoms with Crippen molar-refractivity contribution in [3.05, 3.63) is 58.4 Å². The summed E-state index contributed by atoms with van der Waals surface area (Å²) in [5.74, 6) is -0.752. The molecule has 0 radical (unpaired) electrons. The third-order valence-corrected chi connectivity index (χ3v) is 5.08. The average molecular weight is 376 g/mol. The molecule has 4 nitrogen and oxygen atoms in total. The Hall–Kier alpha value is -2.11. The Bertz CT molecular complexity index is 783. The molecule has 0 spiro atoms. The lowest BCUT2D eigenvalue weighted by atomic mass is 10.1. The maximum atomic E-state index is 13.8. The topological polar surface area (TPSA) is 35.6 Å². The number of halogens is 2. The zero-order chi connectivity index (χ0) is 18.7. The van der Waals surface area contributed by atoms with Gasteiger partial charge in [-0.2, -0.15) is 0 Å². The largest absolute Gasteiger partial charge is 0.369 e. The fourth-order valence-corrected chi connectivity index (χ4v) is 3.43. The molecule has 1 N–H and O–H groups in total. The van der Waals surface area contributed by atoms with Gasteiger partial charge in [0.15, 0.2) is 0 Å². The number of benzene rings is 2. The number of amides is 1. The lowest BCUT2D eigenvalue weighted by Crippen LogP contribution is -2.44. The maximum absolute atomic E-state index is 13.8. The van der Waals surface area contributed by atoms with Gasteiger partial charge in [-0.25, -0.2) is 4.39 Å². The van der Waals surface area contributed by atoms with Crippen molar-refractivity contribution in [3.8, 4) is 0 Å². The quantitative estimate of drug-likeness (QED) is 0.884. The molecule has 1 heterocycles. The van der Waals surface area contributed by atoms with E-state index in [0.29, 0.717) is 5.69 Å². The van der Waals surface area contributed by atoms with Crippen molar-refractivity contribution in [1.82, 2.24) is 4.90 Å². The first-order valence-corrected chi connectivity index (χ1v) is 9.08. The van der Waals surface area contributed by atoms with Crippen molar-refractivity contribution in [2.75, 3.05) is 43.4 Å². The van der Waals surface area contributed by atoms with Gasteiger partial charge >= 0.3 is 0 Å². The first-order valence-electron chi connectivity index (χ1n) is 8.71. The minimum absolute atomic E-state index is 0.0925. The number of aryl methyl sites for hydroxylation is 1. The van der Waals surface area contributed by atoms with Crippen LogP contribution in [0.5, 0.6) is 0 Å². The fraction of sp³-hybridized carbons (Fsp3) is 0.350. The van der Waals surface area contributed by atoms with E-state index in [1.807, 2.05) is 25.1 Å². The van der Waals surface area contributed by atoms with Crippen LogP contribution >= 0.6 is 11.6 Å². The lowest BCUT2D eigenvalue weighted by Gasteiger charge is -2.35. The molecule has 138 valence electrons. The van der Waals surface area contributed by atoms with Crippen LogP contribution < -0.4 is 10.2 Å². The highest BCUT2D eigenvalue weighted by Crippen LogP contribution is 2.25. The molecule has 26 heavy (non-hydrogen) atoms. The standard InChI is InChI=1S/C20H23ClFN3O/c1-14-12-15(6-7-19(14)25-10-8-24(2)9-11-25)23-20(26)13-16-17(21)4-3-5-18(16)22/h3-7,12H,8-11,13H2,1-2H3,(H,23,26). The van der Waals surface area contributed by atoms with Crippen LogP contribution in [0.3, 0.4) is 0 Å². The van der Waals surface area contributed by atoms with E-state index in [4.69, 9.17) is 11.6 Å². The van der Waals surface area contributed by atoms with Gasteiger partial charge in [-0.05, 0) is 49.9 Å². The highest BCUT2D eigenvalue weighted by molar-refractivity contribution is 6.31. The minimum Gasteiger partial charge on any atom is -0.369 e. The van der Waals surface area contributed by atoms with Crippen molar-refractivity contribution in [2.24, 2.45) is 0 Å². The van der Waals surface area contributed by atoms with Crippen molar-refractivity contribution < 1.29 is 9.18 Å². The van der Waals surface area contributed by atoms with Crippen LogP contribution in [0.15, 0.2) is 36.4 Å². The van der Waals surface area contributed by atoms with Crippen LogP contribution in [0.25, 0.3) is 0 Å². The zero-order valence-electron chi connectivity index (χ0n) is 15.1. The molecule has 6 heteroatoms. The second-order valence-electron chi connectivity index (χ2n) is 6.72. The summed E-state index contributed by atoms with van der Waals surface area (Å²) >= 11 is 5.99. The SMILES string of the molecule is Cc1cc(NC(=O)Cc2c(F)cccc2Cl)ccc1N1CCN(C)CC1. The van der Waals surface area contributed by atoms with E-state index < -0.39 is 5.82 Å². The number of likely N-dealkylation sites (N-methyl/N-ethyl adjacent to an activating group) is 1. The summed E-state index contributed by atoms with van der Waals surface area (Å²) in [6.45, 7) is 6.11. The van der Waals surface area contributed by atoms with Crippen LogP contribution in [0.1, 0.15) is 11.1 Å². The summed E-state index contributed by atoms with van der Waals surface area (Å²) in [6.07, 6.45) is -0.0925. The van der Waals surface area contributed by atoms with Crippen molar-refractivity contribution in [2.45, 2.75) is 13.3 Å². The number of nitrogens with zero attached hydrogens (tertiary/aromatic N) is 2. The predicted octanol–water partition coefficient (Wildman–Crippen LogP) is 3.72. The van der Waals surface area contributed by atoms with Crippen LogP contribution in [0.4, 0.5) is 15.8 Å². The Balaban J connectivity index is 1.67. The molecule has 0 aromatic heterocycles. The van der Waals surface area contributed by atoms with Crippen molar-refractivity contribution in [1.29, 1.82) is 0 Å². The van der Waals surface area contributed by atoms with E-state index in [0.717, 1.165) is 31.7 Å². The van der Waals surface area contributed by atoms with Crippen LogP contribution in [-0.2, 0) is 11.2 Å². The summed E-state index contributed by atoms with van der Waals surface area (Å²) in [5, 5.41) is 3.10. The third kappa shape index (κ3) is 4.34. The van der Waals surface area contributed by atoms with Gasteiger partial charge < -0.3 is 15.1 Å². The number of carbonyl (C=O) groups excluding carboxylic acids is 1. The van der Waals surface area contributed by atoms with Crippen molar-refractivity contribution in [3.63, 3.8) is 0 Å². The van der Waals surface area contributed by atoms with E-state index in [1.165, 1.54) is 17.8 Å². The third-order valence-electron chi connectivity index (χ3n) is 4.72. The van der Waals surface area contributed by atoms with E-state index in [1.54, 1.807) is 6.07 Å². The molecule has 1 amide bonds. The molecule has 1 saturated heterocycles. The van der Waals surface area contributed by atoms with E-state index in [-0.39, 0.29) is 22.9 Å². The molecular weight excluding hydrogens is 353 g/mol. The monoisotopic (exact) mass is 375 g/mol. The highest BCUT2D eigenvalue weighted by Gasteiger charge is 2.17. The Morgan fingerprint density at radius 1 is 1.19 bits per heavy atom. The Labute approximate surface area is 158 Å². The molecule has 3 rings (SSSR count). The number of hydrogen-bond donors (Lipinski definition) is 1. The smallest absolute Gasteiger partial charge is 0.228 e. The Morgan fingerprint density at radius 3 is 2.58 bits per heavy atom. The fourth-order valence-electron chi connectivity index (χ4n) is 3.20. The molecule has 2 aromatic carbocycles. The number of hydrogen-bond acceptors (Lipinski definition) is 3. The molecule has 0 atom stereocenters. The van der Waals surface area contributed by atoms with Crippen molar-refractivity contribution >= 4 is 28.9 Å². The summed E-state index contributed by atoms with van der Waals surface area (Å²) in [5.41, 5.74) is 3.22. The highest BCUT2D eigenvalue weighted by atomic mass is 35.5. The average Bonchev–Trinajstić information content (AvgIpc) is 2.59. The first-order chi connectivity index (χ1) is 12.4. The Morgan fingerprint density at radius 2 is 1.92 bits per heavy atom. The molecule has 1 aliphatic heterocycles. The normalized spacial score (nSPS) is 15.2. The van der Waals surface area contributed by atoms with Gasteiger partial charge in [0.25, 0.3) is 0 Å². The molecule has 2 aromatic rings. The Kier molecular flexibility index (Phi) is 5.79. The summed E-state index contributed by atoms with van der Waals surface area (Å²) in [7, 11) is 2.13. The molecule has 0 aliphatic carbocycles. The summed E-state index contributed by atoms with van der Waals surface area (Å²) in [6, 6.07) is 10.3. The molecule has 1 fully saturated rings. The van der Waals surface area contributed by atoms with Gasteiger partial charge in [0, 0.05) is 48.1 Å². The van der Waals surface area contributed by atoms with E-state index in [9.17, 15) is 9.18 Å². The van der Waals surface area contributed by atoms with E-state index >= 15 is 0 Å². The molecule has 0 unspecified atom stereocenters. The van der Waals surface area contributed by atoms with Gasteiger partial charge in [0.1, 0.15) is 5.82 Å². The molecular formula is C20H23ClFN3O. The number of rotatable bonds is 4. The molecule has 0 saturated carbocycles. The second kappa shape index (κ2) is 8.06. The summed E-state index contributed by atoms with van der Waals surface area (Å²) in [4.78, 5) is 16.9. The van der Waals surface area contributed by atoms with Crippen LogP contribution in [0.2, 0.25) is 5.02 Å². The molecule has 0 bridgehead atoms. The number of carbonyl (C=O) groups is 1.